The van der Waals surface area contributed by atoms with Gasteiger partial charge in [0.2, 0.25) is 0 Å². The fourth-order valence-electron chi connectivity index (χ4n) is 0. The molecule has 0 atom stereocenters. The third-order valence-corrected chi connectivity index (χ3v) is 0. The van der Waals surface area contributed by atoms with E-state index in [9.17, 15) is 0 Å². The average molecular weight is 207 g/mol. The summed E-state index contributed by atoms with van der Waals surface area (Å²) in [6.07, 6.45) is 0. The van der Waals surface area contributed by atoms with Gasteiger partial charge in [0, 0.05) is 0 Å². The predicted molar refractivity (Wildman–Crippen MR) is 7.61 cm³/mol. The van der Waals surface area contributed by atoms with E-state index >= 15 is 0 Å². The zero-order valence-electron chi connectivity index (χ0n) is 2.79. The van der Waals surface area contributed by atoms with Crippen LogP contribution in [0.3, 0.4) is 0 Å². The first kappa shape index (κ1) is 10.1. The van der Waals surface area contributed by atoms with Crippen molar-refractivity contribution >= 4 is 7.82 Å². The van der Waals surface area contributed by atoms with E-state index in [1.165, 1.54) is 0 Å². The van der Waals surface area contributed by atoms with Crippen molar-refractivity contribution in [2.45, 2.75) is 0 Å². The molecular weight excluding hydrogens is 207 g/mol. The van der Waals surface area contributed by atoms with Crippen LogP contribution in [0.4, 0.5) is 0 Å². The molecule has 0 spiro atoms. The van der Waals surface area contributed by atoms with E-state index in [0.29, 0.717) is 0 Å². The van der Waals surface area contributed by atoms with E-state index in [1.54, 1.807) is 0 Å². The van der Waals surface area contributed by atoms with Crippen LogP contribution < -0.4 is 14.7 Å². The minimum atomic E-state index is -5.39. The largest absolute Gasteiger partial charge is 2.00 e. The first-order chi connectivity index (χ1) is 2.00. The fourth-order valence-corrected chi connectivity index (χ4v) is 0. The van der Waals surface area contributed by atoms with Crippen LogP contribution in [0.5, 0.6) is 0 Å². The summed E-state index contributed by atoms with van der Waals surface area (Å²) in [5, 5.41) is 0. The van der Waals surface area contributed by atoms with Gasteiger partial charge in [0.1, 0.15) is 0 Å². The topological polar surface area (TPSA) is 86.2 Å². The van der Waals surface area contributed by atoms with Gasteiger partial charge >= 0.3 is 27.3 Å². The Bertz CT molecular complexity index is 53.7. The molecule has 0 radical (unpaired) electrons. The second-order valence-corrected chi connectivity index (χ2v) is 1.34. The van der Waals surface area contributed by atoms with Gasteiger partial charge < -0.3 is 19.2 Å². The standard InChI is InChI=1S/Cd.H3O4P/c;1-5(2,3)4/h;(H3,1,2,3,4)/q+2;/p-3. The van der Waals surface area contributed by atoms with Crippen molar-refractivity contribution in [1.82, 2.24) is 0 Å². The van der Waals surface area contributed by atoms with Crippen molar-refractivity contribution in [2.75, 3.05) is 0 Å². The van der Waals surface area contributed by atoms with Crippen LogP contribution >= 0.6 is 7.82 Å². The molecule has 0 rings (SSSR count). The van der Waals surface area contributed by atoms with Gasteiger partial charge in [-0.15, -0.1) is 0 Å². The van der Waals surface area contributed by atoms with E-state index in [-0.39, 0.29) is 27.3 Å². The van der Waals surface area contributed by atoms with Gasteiger partial charge in [-0.2, -0.15) is 7.82 Å². The third kappa shape index (κ3) is 76.8. The molecule has 0 unspecified atom stereocenters. The summed E-state index contributed by atoms with van der Waals surface area (Å²) in [6.45, 7) is 0. The van der Waals surface area contributed by atoms with Crippen molar-refractivity contribution in [1.29, 1.82) is 0 Å². The van der Waals surface area contributed by atoms with Crippen LogP contribution in [0, 0.1) is 0 Å². The Labute approximate surface area is 54.6 Å². The van der Waals surface area contributed by atoms with E-state index in [2.05, 4.69) is 0 Å². The summed E-state index contributed by atoms with van der Waals surface area (Å²) in [5.41, 5.74) is 0. The van der Waals surface area contributed by atoms with Crippen molar-refractivity contribution in [3.8, 4) is 0 Å². The maximum Gasteiger partial charge on any atom is 2.00 e. The molecule has 32 valence electrons. The van der Waals surface area contributed by atoms with Gasteiger partial charge in [0.05, 0.1) is 0 Å². The molecule has 0 saturated carbocycles. The van der Waals surface area contributed by atoms with Gasteiger partial charge in [0.15, 0.2) is 0 Å². The molecule has 0 bridgehead atoms. The quantitative estimate of drug-likeness (QED) is 0.316. The minimum absolute atomic E-state index is 0. The summed E-state index contributed by atoms with van der Waals surface area (Å²) in [4.78, 5) is 25.6. The van der Waals surface area contributed by atoms with Crippen LogP contribution in [0.1, 0.15) is 0 Å². The molecule has 0 aromatic rings. The first-order valence-corrected chi connectivity index (χ1v) is 2.19. The van der Waals surface area contributed by atoms with Crippen LogP contribution in [-0.2, 0) is 31.9 Å². The molecule has 0 fully saturated rings. The molecular formula is CdO4P-. The molecule has 6 heavy (non-hydrogen) atoms. The van der Waals surface area contributed by atoms with E-state index in [4.69, 9.17) is 19.2 Å². The smallest absolute Gasteiger partial charge is 0.822 e. The molecule has 4 nitrogen and oxygen atoms in total. The van der Waals surface area contributed by atoms with Gasteiger partial charge in [-0.1, -0.05) is 0 Å². The number of phosphoric acid groups is 1. The Morgan fingerprint density at radius 2 is 1.17 bits per heavy atom. The number of hydrogen-bond acceptors (Lipinski definition) is 4. The summed E-state index contributed by atoms with van der Waals surface area (Å²) in [6, 6.07) is 0. The van der Waals surface area contributed by atoms with Crippen LogP contribution in [0.2, 0.25) is 0 Å². The maximum atomic E-state index is 8.55. The molecule has 0 aliphatic carbocycles. The fraction of sp³-hybridized carbons (Fsp3) is 0. The molecule has 0 heterocycles. The molecule has 0 N–H and O–H groups in total. The summed E-state index contributed by atoms with van der Waals surface area (Å²) < 4.78 is 8.55. The van der Waals surface area contributed by atoms with E-state index < -0.39 is 7.82 Å². The Morgan fingerprint density at radius 1 is 1.17 bits per heavy atom. The molecule has 0 aromatic carbocycles. The summed E-state index contributed by atoms with van der Waals surface area (Å²) in [5.74, 6) is 0. The average Bonchev–Trinajstić information content (AvgIpc) is 0.722. The van der Waals surface area contributed by atoms with Gasteiger partial charge in [-0.25, -0.2) is 0 Å². The Morgan fingerprint density at radius 3 is 1.17 bits per heavy atom. The Hall–Kier alpha value is 1.03. The minimum Gasteiger partial charge on any atom is -0.822 e. The normalized spacial score (nSPS) is 9.83. The molecule has 0 aliphatic rings. The number of rotatable bonds is 0. The van der Waals surface area contributed by atoms with Crippen LogP contribution in [0.25, 0.3) is 0 Å². The van der Waals surface area contributed by atoms with E-state index in [1.807, 2.05) is 0 Å². The van der Waals surface area contributed by atoms with Crippen molar-refractivity contribution < 1.29 is 46.5 Å². The predicted octanol–water partition coefficient (Wildman–Crippen LogP) is -2.83. The summed E-state index contributed by atoms with van der Waals surface area (Å²) in [7, 11) is -5.39. The van der Waals surface area contributed by atoms with Gasteiger partial charge in [0.25, 0.3) is 0 Å². The SMILES string of the molecule is O=P([O-])([O-])[O-].[Cd+2]. The molecule has 0 aromatic heterocycles. The van der Waals surface area contributed by atoms with Crippen molar-refractivity contribution in [3.05, 3.63) is 0 Å². The third-order valence-electron chi connectivity index (χ3n) is 0. The van der Waals surface area contributed by atoms with Crippen molar-refractivity contribution in [3.63, 3.8) is 0 Å². The second kappa shape index (κ2) is 3.09. The Kier molecular flexibility index (Phi) is 5.20. The monoisotopic (exact) mass is 209 g/mol. The van der Waals surface area contributed by atoms with Gasteiger partial charge in [-0.05, 0) is 0 Å². The summed E-state index contributed by atoms with van der Waals surface area (Å²) >= 11 is 0. The molecule has 0 aliphatic heterocycles. The zero-order valence-corrected chi connectivity index (χ0v) is 7.72. The molecule has 6 heteroatoms. The van der Waals surface area contributed by atoms with Crippen LogP contribution in [0.15, 0.2) is 0 Å². The van der Waals surface area contributed by atoms with Crippen molar-refractivity contribution in [2.24, 2.45) is 0 Å². The molecule has 0 amide bonds. The second-order valence-electron chi connectivity index (χ2n) is 0.447. The zero-order chi connectivity index (χ0) is 4.50. The Balaban J connectivity index is 0. The maximum absolute atomic E-state index is 8.55. The number of hydrogen-bond donors (Lipinski definition) is 0. The van der Waals surface area contributed by atoms with Gasteiger partial charge in [-0.3, -0.25) is 0 Å². The molecule has 0 saturated heterocycles. The van der Waals surface area contributed by atoms with E-state index in [0.717, 1.165) is 0 Å². The first-order valence-electron chi connectivity index (χ1n) is 0.730. The van der Waals surface area contributed by atoms with Crippen LogP contribution in [-0.4, -0.2) is 0 Å².